The molecule has 22 heavy (non-hydrogen) atoms. The van der Waals surface area contributed by atoms with Gasteiger partial charge in [0.25, 0.3) is 0 Å². The molecule has 0 radical (unpaired) electrons. The summed E-state index contributed by atoms with van der Waals surface area (Å²) in [5, 5.41) is 3.93. The normalized spacial score (nSPS) is 18.4. The summed E-state index contributed by atoms with van der Waals surface area (Å²) in [5.41, 5.74) is 1.07. The first-order chi connectivity index (χ1) is 10.7. The minimum absolute atomic E-state index is 0.195. The van der Waals surface area contributed by atoms with E-state index in [1.807, 2.05) is 19.1 Å². The zero-order valence-corrected chi connectivity index (χ0v) is 13.0. The number of hydrogen-bond donors (Lipinski definition) is 0. The van der Waals surface area contributed by atoms with Gasteiger partial charge in [-0.1, -0.05) is 12.1 Å². The standard InChI is InChI=1S/C16H21FN4O/c1-3-15-18-16(22-19-15)11-20(2)14-8-9-21(10-14)13-6-4-12(17)5-7-13/h4-7,14H,3,8-11H2,1-2H3/t14-/m1/s1. The van der Waals surface area contributed by atoms with Crippen LogP contribution in [0.4, 0.5) is 10.1 Å². The van der Waals surface area contributed by atoms with E-state index in [0.29, 0.717) is 18.5 Å². The van der Waals surface area contributed by atoms with Gasteiger partial charge in [-0.3, -0.25) is 4.90 Å². The van der Waals surface area contributed by atoms with Gasteiger partial charge in [0.1, 0.15) is 5.82 Å². The molecule has 1 aromatic heterocycles. The van der Waals surface area contributed by atoms with Crippen LogP contribution in [0.1, 0.15) is 25.1 Å². The highest BCUT2D eigenvalue weighted by Gasteiger charge is 2.26. The number of likely N-dealkylation sites (N-methyl/N-ethyl adjacent to an activating group) is 1. The molecule has 1 aliphatic heterocycles. The zero-order valence-electron chi connectivity index (χ0n) is 13.0. The highest BCUT2D eigenvalue weighted by atomic mass is 19.1. The zero-order chi connectivity index (χ0) is 15.5. The second-order valence-corrected chi connectivity index (χ2v) is 5.74. The molecule has 3 rings (SSSR count). The molecule has 0 bridgehead atoms. The average Bonchev–Trinajstić information content (AvgIpc) is 3.17. The molecule has 0 unspecified atom stereocenters. The summed E-state index contributed by atoms with van der Waals surface area (Å²) in [6, 6.07) is 7.13. The first-order valence-electron chi connectivity index (χ1n) is 7.68. The molecular formula is C16H21FN4O. The molecule has 0 spiro atoms. The molecule has 1 aliphatic rings. The second-order valence-electron chi connectivity index (χ2n) is 5.74. The van der Waals surface area contributed by atoms with E-state index >= 15 is 0 Å². The van der Waals surface area contributed by atoms with Crippen LogP contribution in [0.15, 0.2) is 28.8 Å². The van der Waals surface area contributed by atoms with Gasteiger partial charge in [-0.25, -0.2) is 4.39 Å². The van der Waals surface area contributed by atoms with Crippen LogP contribution in [-0.2, 0) is 13.0 Å². The van der Waals surface area contributed by atoms with Gasteiger partial charge in [0.05, 0.1) is 6.54 Å². The Balaban J connectivity index is 1.58. The predicted octanol–water partition coefficient (Wildman–Crippen LogP) is 2.48. The van der Waals surface area contributed by atoms with E-state index in [1.54, 1.807) is 0 Å². The van der Waals surface area contributed by atoms with Gasteiger partial charge in [0, 0.05) is 31.2 Å². The van der Waals surface area contributed by atoms with Gasteiger partial charge in [-0.2, -0.15) is 4.98 Å². The third-order valence-electron chi connectivity index (χ3n) is 4.19. The topological polar surface area (TPSA) is 45.4 Å². The predicted molar refractivity (Wildman–Crippen MR) is 82.2 cm³/mol. The van der Waals surface area contributed by atoms with Crippen LogP contribution in [0.2, 0.25) is 0 Å². The Morgan fingerprint density at radius 3 is 2.82 bits per heavy atom. The Morgan fingerprint density at radius 1 is 1.36 bits per heavy atom. The van der Waals surface area contributed by atoms with Gasteiger partial charge in [-0.15, -0.1) is 0 Å². The second kappa shape index (κ2) is 6.44. The molecule has 1 saturated heterocycles. The summed E-state index contributed by atoms with van der Waals surface area (Å²) < 4.78 is 18.3. The monoisotopic (exact) mass is 304 g/mol. The van der Waals surface area contributed by atoms with Crippen LogP contribution >= 0.6 is 0 Å². The molecular weight excluding hydrogens is 283 g/mol. The summed E-state index contributed by atoms with van der Waals surface area (Å²) >= 11 is 0. The maximum atomic E-state index is 13.0. The molecule has 6 heteroatoms. The molecule has 0 amide bonds. The quantitative estimate of drug-likeness (QED) is 0.849. The maximum absolute atomic E-state index is 13.0. The Hall–Kier alpha value is -1.95. The number of hydrogen-bond acceptors (Lipinski definition) is 5. The molecule has 5 nitrogen and oxygen atoms in total. The molecule has 0 saturated carbocycles. The number of rotatable bonds is 5. The fourth-order valence-electron chi connectivity index (χ4n) is 2.83. The molecule has 1 aromatic carbocycles. The number of aryl methyl sites for hydroxylation is 1. The lowest BCUT2D eigenvalue weighted by molar-refractivity contribution is 0.215. The summed E-state index contributed by atoms with van der Waals surface area (Å²) in [6.07, 6.45) is 1.86. The highest BCUT2D eigenvalue weighted by Crippen LogP contribution is 2.23. The van der Waals surface area contributed by atoms with Crippen molar-refractivity contribution in [1.82, 2.24) is 15.0 Å². The van der Waals surface area contributed by atoms with Crippen LogP contribution in [0.5, 0.6) is 0 Å². The van der Waals surface area contributed by atoms with Crippen molar-refractivity contribution in [3.05, 3.63) is 41.8 Å². The van der Waals surface area contributed by atoms with Gasteiger partial charge in [0.15, 0.2) is 5.82 Å². The highest BCUT2D eigenvalue weighted by molar-refractivity contribution is 5.47. The molecule has 1 fully saturated rings. The molecule has 118 valence electrons. The van der Waals surface area contributed by atoms with Gasteiger partial charge in [0.2, 0.25) is 5.89 Å². The van der Waals surface area contributed by atoms with E-state index in [2.05, 4.69) is 27.0 Å². The first kappa shape index (κ1) is 15.0. The van der Waals surface area contributed by atoms with Crippen LogP contribution < -0.4 is 4.90 Å². The Bertz CT molecular complexity index is 613. The molecule has 0 N–H and O–H groups in total. The Labute approximate surface area is 129 Å². The van der Waals surface area contributed by atoms with Crippen molar-refractivity contribution in [2.75, 3.05) is 25.0 Å². The summed E-state index contributed by atoms with van der Waals surface area (Å²) in [6.45, 7) is 4.58. The SMILES string of the molecule is CCc1noc(CN(C)[C@@H]2CCN(c3ccc(F)cc3)C2)n1. The Kier molecular flexibility index (Phi) is 4.38. The van der Waals surface area contributed by atoms with E-state index in [9.17, 15) is 4.39 Å². The van der Waals surface area contributed by atoms with Crippen molar-refractivity contribution >= 4 is 5.69 Å². The molecule has 1 atom stereocenters. The largest absolute Gasteiger partial charge is 0.370 e. The smallest absolute Gasteiger partial charge is 0.240 e. The van der Waals surface area contributed by atoms with E-state index in [1.165, 1.54) is 12.1 Å². The summed E-state index contributed by atoms with van der Waals surface area (Å²) in [7, 11) is 2.08. The molecule has 2 aromatic rings. The summed E-state index contributed by atoms with van der Waals surface area (Å²) in [4.78, 5) is 8.88. The number of nitrogens with zero attached hydrogens (tertiary/aromatic N) is 4. The van der Waals surface area contributed by atoms with Crippen molar-refractivity contribution in [3.8, 4) is 0 Å². The lowest BCUT2D eigenvalue weighted by atomic mass is 10.2. The molecule has 2 heterocycles. The lowest BCUT2D eigenvalue weighted by Crippen LogP contribution is -2.34. The van der Waals surface area contributed by atoms with Gasteiger partial charge >= 0.3 is 0 Å². The molecule has 0 aliphatic carbocycles. The third-order valence-corrected chi connectivity index (χ3v) is 4.19. The number of aromatic nitrogens is 2. The van der Waals surface area contributed by atoms with Crippen LogP contribution in [0.25, 0.3) is 0 Å². The number of halogens is 1. The maximum Gasteiger partial charge on any atom is 0.240 e. The first-order valence-corrected chi connectivity index (χ1v) is 7.68. The minimum Gasteiger partial charge on any atom is -0.370 e. The van der Waals surface area contributed by atoms with Gasteiger partial charge < -0.3 is 9.42 Å². The van der Waals surface area contributed by atoms with E-state index < -0.39 is 0 Å². The van der Waals surface area contributed by atoms with Crippen molar-refractivity contribution in [2.45, 2.75) is 32.4 Å². The average molecular weight is 304 g/mol. The van der Waals surface area contributed by atoms with Crippen LogP contribution in [0, 0.1) is 5.82 Å². The Morgan fingerprint density at radius 2 is 2.14 bits per heavy atom. The number of anilines is 1. The lowest BCUT2D eigenvalue weighted by Gasteiger charge is -2.24. The van der Waals surface area contributed by atoms with Gasteiger partial charge in [-0.05, 0) is 37.7 Å². The minimum atomic E-state index is -0.195. The van der Waals surface area contributed by atoms with E-state index in [4.69, 9.17) is 4.52 Å². The van der Waals surface area contributed by atoms with Crippen molar-refractivity contribution in [3.63, 3.8) is 0 Å². The number of benzene rings is 1. The van der Waals surface area contributed by atoms with Crippen LogP contribution in [-0.4, -0.2) is 41.2 Å². The van der Waals surface area contributed by atoms with E-state index in [0.717, 1.165) is 37.4 Å². The fraction of sp³-hybridized carbons (Fsp3) is 0.500. The van der Waals surface area contributed by atoms with Crippen molar-refractivity contribution in [2.24, 2.45) is 0 Å². The third kappa shape index (κ3) is 3.27. The fourth-order valence-corrected chi connectivity index (χ4v) is 2.83. The van der Waals surface area contributed by atoms with E-state index in [-0.39, 0.29) is 5.82 Å². The van der Waals surface area contributed by atoms with Crippen LogP contribution in [0.3, 0.4) is 0 Å². The summed E-state index contributed by atoms with van der Waals surface area (Å²) in [5.74, 6) is 1.22. The van der Waals surface area contributed by atoms with Crippen molar-refractivity contribution < 1.29 is 8.91 Å². The van der Waals surface area contributed by atoms with Crippen molar-refractivity contribution in [1.29, 1.82) is 0 Å².